The second-order valence-corrected chi connectivity index (χ2v) is 9.02. The first-order chi connectivity index (χ1) is 12.6. The van der Waals surface area contributed by atoms with Gasteiger partial charge in [0.15, 0.2) is 0 Å². The van der Waals surface area contributed by atoms with Gasteiger partial charge >= 0.3 is 0 Å². The van der Waals surface area contributed by atoms with Crippen LogP contribution in [0.15, 0.2) is 64.2 Å². The van der Waals surface area contributed by atoms with Crippen molar-refractivity contribution in [3.05, 3.63) is 70.9 Å². The van der Waals surface area contributed by atoms with Crippen LogP contribution in [0, 0.1) is 13.8 Å². The lowest BCUT2D eigenvalue weighted by Gasteiger charge is -2.23. The number of fused-ring (bicyclic) bond motifs is 1. The lowest BCUT2D eigenvalue weighted by molar-refractivity contribution is 0.584. The summed E-state index contributed by atoms with van der Waals surface area (Å²) in [5, 5.41) is 3.95. The van der Waals surface area contributed by atoms with Gasteiger partial charge in [-0.25, -0.2) is 4.83 Å². The SMILES string of the molecule is Cc1ccc(C)c(S(=O)(=O)NN=CC=C2N(C)c3ccccc3C2(C)C)c1. The van der Waals surface area contributed by atoms with Crippen LogP contribution in [0.25, 0.3) is 0 Å². The Hall–Kier alpha value is -2.60. The van der Waals surface area contributed by atoms with E-state index in [2.05, 4.69) is 40.8 Å². The zero-order valence-electron chi connectivity index (χ0n) is 16.3. The third-order valence-corrected chi connectivity index (χ3v) is 6.42. The molecule has 0 atom stereocenters. The number of allylic oxidation sites excluding steroid dienone is 2. The molecule has 1 aliphatic heterocycles. The van der Waals surface area contributed by atoms with Gasteiger partial charge < -0.3 is 4.90 Å². The fraction of sp³-hybridized carbons (Fsp3) is 0.286. The molecular formula is C21H25N3O2S. The number of nitrogens with zero attached hydrogens (tertiary/aromatic N) is 2. The van der Waals surface area contributed by atoms with Crippen molar-refractivity contribution in [3.63, 3.8) is 0 Å². The number of hydrogen-bond acceptors (Lipinski definition) is 4. The first-order valence-electron chi connectivity index (χ1n) is 8.81. The van der Waals surface area contributed by atoms with Gasteiger partial charge in [0.25, 0.3) is 10.0 Å². The maximum Gasteiger partial charge on any atom is 0.276 e. The van der Waals surface area contributed by atoms with Gasteiger partial charge in [0.2, 0.25) is 0 Å². The molecule has 0 radical (unpaired) electrons. The van der Waals surface area contributed by atoms with Crippen LogP contribution in [0.2, 0.25) is 0 Å². The molecule has 2 aromatic carbocycles. The molecule has 27 heavy (non-hydrogen) atoms. The summed E-state index contributed by atoms with van der Waals surface area (Å²) >= 11 is 0. The molecule has 0 fully saturated rings. The zero-order valence-corrected chi connectivity index (χ0v) is 17.1. The predicted octanol–water partition coefficient (Wildman–Crippen LogP) is 3.88. The molecule has 0 unspecified atom stereocenters. The molecule has 142 valence electrons. The summed E-state index contributed by atoms with van der Waals surface area (Å²) in [4.78, 5) is 4.67. The average Bonchev–Trinajstić information content (AvgIpc) is 2.81. The lowest BCUT2D eigenvalue weighted by Crippen LogP contribution is -2.23. The fourth-order valence-corrected chi connectivity index (χ4v) is 4.69. The summed E-state index contributed by atoms with van der Waals surface area (Å²) in [6.45, 7) is 7.93. The van der Waals surface area contributed by atoms with E-state index < -0.39 is 10.0 Å². The standard InChI is InChI=1S/C21H25N3O2S/c1-15-10-11-16(2)19(14-15)27(25,26)23-22-13-12-20-21(3,4)17-8-6-7-9-18(17)24(20)5/h6-14,23H,1-5H3. The van der Waals surface area contributed by atoms with Gasteiger partial charge in [0, 0.05) is 30.1 Å². The third kappa shape index (κ3) is 3.49. The fourth-order valence-electron chi connectivity index (χ4n) is 3.56. The number of sulfonamides is 1. The summed E-state index contributed by atoms with van der Waals surface area (Å²) in [6.07, 6.45) is 3.35. The van der Waals surface area contributed by atoms with Crippen LogP contribution in [-0.2, 0) is 15.4 Å². The Bertz CT molecular complexity index is 1040. The van der Waals surface area contributed by atoms with E-state index in [4.69, 9.17) is 0 Å². The van der Waals surface area contributed by atoms with Gasteiger partial charge in [0.1, 0.15) is 0 Å². The van der Waals surface area contributed by atoms with E-state index in [1.807, 2.05) is 38.2 Å². The topological polar surface area (TPSA) is 61.8 Å². The highest BCUT2D eigenvalue weighted by Crippen LogP contribution is 2.46. The number of anilines is 1. The number of benzene rings is 2. The highest BCUT2D eigenvalue weighted by molar-refractivity contribution is 7.89. The van der Waals surface area contributed by atoms with E-state index in [0.29, 0.717) is 5.56 Å². The van der Waals surface area contributed by atoms with Gasteiger partial charge in [-0.15, -0.1) is 0 Å². The van der Waals surface area contributed by atoms with Gasteiger partial charge in [0.05, 0.1) is 4.90 Å². The second kappa shape index (κ2) is 6.85. The third-order valence-electron chi connectivity index (χ3n) is 5.05. The summed E-state index contributed by atoms with van der Waals surface area (Å²) in [7, 11) is -1.69. The van der Waals surface area contributed by atoms with E-state index in [9.17, 15) is 8.42 Å². The van der Waals surface area contributed by atoms with Crippen LogP contribution in [0.1, 0.15) is 30.5 Å². The van der Waals surface area contributed by atoms with Crippen LogP contribution >= 0.6 is 0 Å². The number of aryl methyl sites for hydroxylation is 2. The highest BCUT2D eigenvalue weighted by Gasteiger charge is 2.37. The van der Waals surface area contributed by atoms with Crippen molar-refractivity contribution in [3.8, 4) is 0 Å². The van der Waals surface area contributed by atoms with Gasteiger partial charge in [-0.3, -0.25) is 0 Å². The maximum absolute atomic E-state index is 12.5. The van der Waals surface area contributed by atoms with Crippen LogP contribution in [0.5, 0.6) is 0 Å². The quantitative estimate of drug-likeness (QED) is 0.644. The minimum atomic E-state index is -3.70. The Morgan fingerprint density at radius 2 is 1.81 bits per heavy atom. The van der Waals surface area contributed by atoms with Crippen LogP contribution in [0.4, 0.5) is 5.69 Å². The Labute approximate surface area is 161 Å². The summed E-state index contributed by atoms with van der Waals surface area (Å²) in [5.41, 5.74) is 4.84. The predicted molar refractivity (Wildman–Crippen MR) is 111 cm³/mol. The molecule has 0 spiro atoms. The average molecular weight is 384 g/mol. The molecule has 0 bridgehead atoms. The smallest absolute Gasteiger partial charge is 0.276 e. The molecule has 1 N–H and O–H groups in total. The summed E-state index contributed by atoms with van der Waals surface area (Å²) < 4.78 is 25.0. The molecule has 0 aromatic heterocycles. The number of likely N-dealkylation sites (N-methyl/N-ethyl adjacent to an activating group) is 1. The molecule has 6 heteroatoms. The molecule has 3 rings (SSSR count). The monoisotopic (exact) mass is 383 g/mol. The Morgan fingerprint density at radius 1 is 1.11 bits per heavy atom. The van der Waals surface area contributed by atoms with E-state index >= 15 is 0 Å². The maximum atomic E-state index is 12.5. The minimum Gasteiger partial charge on any atom is -0.347 e. The minimum absolute atomic E-state index is 0.177. The second-order valence-electron chi connectivity index (χ2n) is 7.39. The molecule has 5 nitrogen and oxygen atoms in total. The van der Waals surface area contributed by atoms with Crippen molar-refractivity contribution >= 4 is 21.9 Å². The van der Waals surface area contributed by atoms with Gasteiger partial charge in [-0.05, 0) is 48.7 Å². The van der Waals surface area contributed by atoms with Crippen molar-refractivity contribution < 1.29 is 8.42 Å². The van der Waals surface area contributed by atoms with Crippen molar-refractivity contribution in [2.75, 3.05) is 11.9 Å². The van der Waals surface area contributed by atoms with Crippen LogP contribution in [-0.4, -0.2) is 21.7 Å². The van der Waals surface area contributed by atoms with Crippen molar-refractivity contribution in [1.29, 1.82) is 0 Å². The Kier molecular flexibility index (Phi) is 4.86. The molecule has 0 aliphatic carbocycles. The Balaban J connectivity index is 1.83. The van der Waals surface area contributed by atoms with Crippen LogP contribution < -0.4 is 9.73 Å². The van der Waals surface area contributed by atoms with E-state index in [0.717, 1.165) is 16.9 Å². The van der Waals surface area contributed by atoms with Crippen molar-refractivity contribution in [1.82, 2.24) is 4.83 Å². The number of hydrazone groups is 1. The molecule has 0 saturated carbocycles. The lowest BCUT2D eigenvalue weighted by atomic mass is 9.84. The molecule has 2 aromatic rings. The number of nitrogens with one attached hydrogen (secondary N) is 1. The van der Waals surface area contributed by atoms with Crippen molar-refractivity contribution in [2.45, 2.75) is 38.0 Å². The number of rotatable bonds is 4. The van der Waals surface area contributed by atoms with E-state index in [1.165, 1.54) is 11.8 Å². The molecule has 0 saturated heterocycles. The summed E-state index contributed by atoms with van der Waals surface area (Å²) in [6, 6.07) is 13.6. The summed E-state index contributed by atoms with van der Waals surface area (Å²) in [5.74, 6) is 0. The molecule has 1 aliphatic rings. The number of para-hydroxylation sites is 1. The van der Waals surface area contributed by atoms with E-state index in [-0.39, 0.29) is 10.3 Å². The van der Waals surface area contributed by atoms with Crippen molar-refractivity contribution in [2.24, 2.45) is 5.10 Å². The normalized spacial score (nSPS) is 17.5. The number of hydrogen-bond donors (Lipinski definition) is 1. The highest BCUT2D eigenvalue weighted by atomic mass is 32.2. The molecule has 1 heterocycles. The first-order valence-corrected chi connectivity index (χ1v) is 10.3. The van der Waals surface area contributed by atoms with Gasteiger partial charge in [-0.1, -0.05) is 44.2 Å². The van der Waals surface area contributed by atoms with Crippen LogP contribution in [0.3, 0.4) is 0 Å². The van der Waals surface area contributed by atoms with Gasteiger partial charge in [-0.2, -0.15) is 13.5 Å². The largest absolute Gasteiger partial charge is 0.347 e. The molecule has 0 amide bonds. The van der Waals surface area contributed by atoms with E-state index in [1.54, 1.807) is 19.1 Å². The zero-order chi connectivity index (χ0) is 19.8. The first kappa shape index (κ1) is 19.2. The Morgan fingerprint density at radius 3 is 2.52 bits per heavy atom. The molecular weight excluding hydrogens is 358 g/mol.